The number of benzene rings is 1. The lowest BCUT2D eigenvalue weighted by Crippen LogP contribution is -2.48. The van der Waals surface area contributed by atoms with Crippen LogP contribution < -0.4 is 16.4 Å². The molecule has 1 fully saturated rings. The molecular weight excluding hydrogens is 246 g/mol. The molecule has 0 aromatic heterocycles. The van der Waals surface area contributed by atoms with Crippen LogP contribution in [0.25, 0.3) is 0 Å². The van der Waals surface area contributed by atoms with Crippen molar-refractivity contribution < 1.29 is 0 Å². The van der Waals surface area contributed by atoms with Crippen molar-refractivity contribution in [3.8, 4) is 0 Å². The SMILES string of the molecule is Cc1c(Cl)cccc1N1CCC(CN)(CN)CC1. The summed E-state index contributed by atoms with van der Waals surface area (Å²) in [5.74, 6) is 0. The van der Waals surface area contributed by atoms with Crippen LogP contribution in [0.1, 0.15) is 18.4 Å². The molecule has 1 heterocycles. The van der Waals surface area contributed by atoms with Crippen LogP contribution in [0.5, 0.6) is 0 Å². The number of rotatable bonds is 3. The van der Waals surface area contributed by atoms with Gasteiger partial charge in [-0.3, -0.25) is 0 Å². The van der Waals surface area contributed by atoms with Crippen molar-refractivity contribution >= 4 is 17.3 Å². The monoisotopic (exact) mass is 267 g/mol. The molecule has 0 amide bonds. The Labute approximate surface area is 114 Å². The summed E-state index contributed by atoms with van der Waals surface area (Å²) in [7, 11) is 0. The van der Waals surface area contributed by atoms with Gasteiger partial charge in [0.1, 0.15) is 0 Å². The van der Waals surface area contributed by atoms with E-state index in [-0.39, 0.29) is 5.41 Å². The third kappa shape index (κ3) is 2.48. The highest BCUT2D eigenvalue weighted by Gasteiger charge is 2.32. The van der Waals surface area contributed by atoms with Crippen molar-refractivity contribution in [1.82, 2.24) is 0 Å². The van der Waals surface area contributed by atoms with E-state index < -0.39 is 0 Å². The van der Waals surface area contributed by atoms with Crippen LogP contribution in [0.4, 0.5) is 5.69 Å². The average Bonchev–Trinajstić information content (AvgIpc) is 2.42. The molecule has 1 aliphatic heterocycles. The first-order valence-electron chi connectivity index (χ1n) is 6.52. The predicted molar refractivity (Wildman–Crippen MR) is 78.2 cm³/mol. The van der Waals surface area contributed by atoms with E-state index in [0.29, 0.717) is 13.1 Å². The Morgan fingerprint density at radius 2 is 1.83 bits per heavy atom. The van der Waals surface area contributed by atoms with Gasteiger partial charge in [-0.2, -0.15) is 0 Å². The molecule has 0 aliphatic carbocycles. The summed E-state index contributed by atoms with van der Waals surface area (Å²) >= 11 is 6.18. The summed E-state index contributed by atoms with van der Waals surface area (Å²) in [5, 5.41) is 0.835. The van der Waals surface area contributed by atoms with Gasteiger partial charge in [0.15, 0.2) is 0 Å². The lowest BCUT2D eigenvalue weighted by molar-refractivity contribution is 0.238. The number of hydrogen-bond acceptors (Lipinski definition) is 3. The smallest absolute Gasteiger partial charge is 0.0455 e. The Morgan fingerprint density at radius 1 is 1.22 bits per heavy atom. The van der Waals surface area contributed by atoms with E-state index in [2.05, 4.69) is 17.9 Å². The van der Waals surface area contributed by atoms with Crippen LogP contribution in [0.2, 0.25) is 5.02 Å². The minimum atomic E-state index is 0.142. The molecule has 18 heavy (non-hydrogen) atoms. The van der Waals surface area contributed by atoms with Crippen molar-refractivity contribution in [2.24, 2.45) is 16.9 Å². The number of piperidine rings is 1. The van der Waals surface area contributed by atoms with Crippen molar-refractivity contribution in [3.63, 3.8) is 0 Å². The van der Waals surface area contributed by atoms with Gasteiger partial charge in [0.2, 0.25) is 0 Å². The van der Waals surface area contributed by atoms with Crippen LogP contribution in [0.15, 0.2) is 18.2 Å². The second-order valence-corrected chi connectivity index (χ2v) is 5.69. The van der Waals surface area contributed by atoms with Gasteiger partial charge in [-0.15, -0.1) is 0 Å². The van der Waals surface area contributed by atoms with Crippen LogP contribution in [0, 0.1) is 12.3 Å². The Kier molecular flexibility index (Phi) is 4.15. The fourth-order valence-electron chi connectivity index (χ4n) is 2.65. The second kappa shape index (κ2) is 5.47. The first-order valence-corrected chi connectivity index (χ1v) is 6.90. The highest BCUT2D eigenvalue weighted by Crippen LogP contribution is 2.34. The molecule has 100 valence electrons. The van der Waals surface area contributed by atoms with Crippen LogP contribution in [0.3, 0.4) is 0 Å². The third-order valence-corrected chi connectivity index (χ3v) is 4.68. The molecule has 4 N–H and O–H groups in total. The highest BCUT2D eigenvalue weighted by atomic mass is 35.5. The lowest BCUT2D eigenvalue weighted by atomic mass is 9.78. The summed E-state index contributed by atoms with van der Waals surface area (Å²) in [6.45, 7) is 5.47. The Bertz CT molecular complexity index is 406. The molecule has 0 bridgehead atoms. The van der Waals surface area contributed by atoms with Crippen molar-refractivity contribution in [3.05, 3.63) is 28.8 Å². The fourth-order valence-corrected chi connectivity index (χ4v) is 2.82. The molecule has 1 aromatic carbocycles. The molecule has 4 heteroatoms. The van der Waals surface area contributed by atoms with Gasteiger partial charge < -0.3 is 16.4 Å². The van der Waals surface area contributed by atoms with E-state index in [1.807, 2.05) is 12.1 Å². The second-order valence-electron chi connectivity index (χ2n) is 5.28. The topological polar surface area (TPSA) is 55.3 Å². The zero-order chi connectivity index (χ0) is 13.2. The number of nitrogens with two attached hydrogens (primary N) is 2. The number of halogens is 1. The first kappa shape index (κ1) is 13.7. The maximum absolute atomic E-state index is 6.18. The van der Waals surface area contributed by atoms with Gasteiger partial charge in [0.05, 0.1) is 0 Å². The largest absolute Gasteiger partial charge is 0.371 e. The fraction of sp³-hybridized carbons (Fsp3) is 0.571. The molecule has 1 saturated heterocycles. The standard InChI is InChI=1S/C14H22ClN3/c1-11-12(15)3-2-4-13(11)18-7-5-14(9-16,10-17)6-8-18/h2-4H,5-10,16-17H2,1H3. The van der Waals surface area contributed by atoms with Gasteiger partial charge in [-0.1, -0.05) is 17.7 Å². The minimum absolute atomic E-state index is 0.142. The maximum atomic E-state index is 6.18. The quantitative estimate of drug-likeness (QED) is 0.882. The van der Waals surface area contributed by atoms with Gasteiger partial charge >= 0.3 is 0 Å². The van der Waals surface area contributed by atoms with E-state index in [0.717, 1.165) is 36.5 Å². The van der Waals surface area contributed by atoms with Gasteiger partial charge in [0, 0.05) is 23.8 Å². The normalized spacial score (nSPS) is 19.0. The van der Waals surface area contributed by atoms with E-state index in [4.69, 9.17) is 23.1 Å². The zero-order valence-electron chi connectivity index (χ0n) is 11.0. The molecule has 1 aliphatic rings. The minimum Gasteiger partial charge on any atom is -0.371 e. The van der Waals surface area contributed by atoms with Crippen LogP contribution >= 0.6 is 11.6 Å². The van der Waals surface area contributed by atoms with E-state index >= 15 is 0 Å². The Morgan fingerprint density at radius 3 is 2.39 bits per heavy atom. The highest BCUT2D eigenvalue weighted by molar-refractivity contribution is 6.31. The molecule has 0 atom stereocenters. The summed E-state index contributed by atoms with van der Waals surface area (Å²) in [6.07, 6.45) is 2.12. The van der Waals surface area contributed by atoms with Gasteiger partial charge in [0.25, 0.3) is 0 Å². The number of hydrogen-bond donors (Lipinski definition) is 2. The Balaban J connectivity index is 2.12. The maximum Gasteiger partial charge on any atom is 0.0455 e. The van der Waals surface area contributed by atoms with Crippen LogP contribution in [-0.2, 0) is 0 Å². The summed E-state index contributed by atoms with van der Waals surface area (Å²) in [6, 6.07) is 6.09. The lowest BCUT2D eigenvalue weighted by Gasteiger charge is -2.42. The average molecular weight is 268 g/mol. The molecule has 0 radical (unpaired) electrons. The van der Waals surface area contributed by atoms with E-state index in [9.17, 15) is 0 Å². The van der Waals surface area contributed by atoms with E-state index in [1.165, 1.54) is 5.69 Å². The Hall–Kier alpha value is -0.770. The molecule has 0 spiro atoms. The summed E-state index contributed by atoms with van der Waals surface area (Å²) < 4.78 is 0. The number of nitrogens with zero attached hydrogens (tertiary/aromatic N) is 1. The molecular formula is C14H22ClN3. The molecule has 0 saturated carbocycles. The van der Waals surface area contributed by atoms with Gasteiger partial charge in [-0.25, -0.2) is 0 Å². The molecule has 1 aromatic rings. The predicted octanol–water partition coefficient (Wildman–Crippen LogP) is 2.15. The number of anilines is 1. The third-order valence-electron chi connectivity index (χ3n) is 4.27. The van der Waals surface area contributed by atoms with Crippen molar-refractivity contribution in [1.29, 1.82) is 0 Å². The molecule has 3 nitrogen and oxygen atoms in total. The molecule has 2 rings (SSSR count). The molecule has 0 unspecified atom stereocenters. The van der Waals surface area contributed by atoms with Crippen LogP contribution in [-0.4, -0.2) is 26.2 Å². The summed E-state index contributed by atoms with van der Waals surface area (Å²) in [4.78, 5) is 2.39. The first-order chi connectivity index (χ1) is 8.62. The van der Waals surface area contributed by atoms with Crippen molar-refractivity contribution in [2.75, 3.05) is 31.1 Å². The van der Waals surface area contributed by atoms with Crippen molar-refractivity contribution in [2.45, 2.75) is 19.8 Å². The van der Waals surface area contributed by atoms with Gasteiger partial charge in [-0.05, 0) is 56.0 Å². The summed E-state index contributed by atoms with van der Waals surface area (Å²) in [5.41, 5.74) is 14.3. The zero-order valence-corrected chi connectivity index (χ0v) is 11.7. The van der Waals surface area contributed by atoms with E-state index in [1.54, 1.807) is 0 Å².